The maximum atomic E-state index is 10.7. The summed E-state index contributed by atoms with van der Waals surface area (Å²) < 4.78 is 4.95. The lowest BCUT2D eigenvalue weighted by atomic mass is 10.3. The highest BCUT2D eigenvalue weighted by molar-refractivity contribution is 5.69. The Morgan fingerprint density at radius 2 is 2.35 bits per heavy atom. The second-order valence-corrected chi connectivity index (χ2v) is 3.69. The van der Waals surface area contributed by atoms with Gasteiger partial charge in [0.25, 0.3) is 0 Å². The van der Waals surface area contributed by atoms with E-state index in [0.717, 1.165) is 5.69 Å². The normalized spacial score (nSPS) is 10.8. The predicted octanol–water partition coefficient (Wildman–Crippen LogP) is 0.318. The van der Waals surface area contributed by atoms with Gasteiger partial charge in [-0.3, -0.25) is 9.69 Å². The molecule has 6 nitrogen and oxygen atoms in total. The molecule has 0 aliphatic carbocycles. The number of hydrogen-bond donors (Lipinski definition) is 1. The van der Waals surface area contributed by atoms with Crippen LogP contribution in [0.15, 0.2) is 12.3 Å². The number of methoxy groups -OCH3 is 1. The van der Waals surface area contributed by atoms with Gasteiger partial charge in [0.05, 0.1) is 18.8 Å². The van der Waals surface area contributed by atoms with Crippen LogP contribution in [0.1, 0.15) is 11.5 Å². The number of carbonyl (C=O) groups is 1. The Morgan fingerprint density at radius 1 is 1.59 bits per heavy atom. The van der Waals surface area contributed by atoms with E-state index in [2.05, 4.69) is 9.97 Å². The van der Waals surface area contributed by atoms with Gasteiger partial charge < -0.3 is 9.84 Å². The number of hydrogen-bond acceptors (Lipinski definition) is 5. The Bertz CT molecular complexity index is 371. The lowest BCUT2D eigenvalue weighted by molar-refractivity contribution is -0.138. The molecule has 17 heavy (non-hydrogen) atoms. The summed E-state index contributed by atoms with van der Waals surface area (Å²) in [6.45, 7) is 3.33. The van der Waals surface area contributed by atoms with Crippen LogP contribution in [0.25, 0.3) is 0 Å². The van der Waals surface area contributed by atoms with E-state index in [1.54, 1.807) is 31.2 Å². The molecule has 0 fully saturated rings. The third-order valence-corrected chi connectivity index (χ3v) is 2.19. The van der Waals surface area contributed by atoms with E-state index < -0.39 is 5.97 Å². The smallest absolute Gasteiger partial charge is 0.317 e. The van der Waals surface area contributed by atoms with Gasteiger partial charge >= 0.3 is 5.97 Å². The number of carboxylic acids is 1. The monoisotopic (exact) mass is 239 g/mol. The first-order chi connectivity index (χ1) is 8.11. The minimum atomic E-state index is -0.855. The van der Waals surface area contributed by atoms with E-state index in [4.69, 9.17) is 9.84 Å². The van der Waals surface area contributed by atoms with Crippen molar-refractivity contribution in [3.63, 3.8) is 0 Å². The van der Waals surface area contributed by atoms with E-state index in [9.17, 15) is 4.79 Å². The molecule has 0 spiro atoms. The van der Waals surface area contributed by atoms with Gasteiger partial charge in [-0.2, -0.15) is 0 Å². The zero-order chi connectivity index (χ0) is 12.7. The zero-order valence-electron chi connectivity index (χ0n) is 10.1. The van der Waals surface area contributed by atoms with Crippen LogP contribution >= 0.6 is 0 Å². The van der Waals surface area contributed by atoms with Gasteiger partial charge in [0.1, 0.15) is 5.82 Å². The molecule has 1 rings (SSSR count). The van der Waals surface area contributed by atoms with E-state index >= 15 is 0 Å². The van der Waals surface area contributed by atoms with Gasteiger partial charge in [-0.15, -0.1) is 0 Å². The lowest BCUT2D eigenvalue weighted by Gasteiger charge is -2.19. The van der Waals surface area contributed by atoms with Crippen LogP contribution in [-0.2, 0) is 16.1 Å². The van der Waals surface area contributed by atoms with Gasteiger partial charge in [-0.1, -0.05) is 0 Å². The summed E-state index contributed by atoms with van der Waals surface area (Å²) in [4.78, 5) is 20.7. The number of aromatic nitrogens is 2. The number of carboxylic acid groups (broad SMARTS) is 1. The molecule has 0 bridgehead atoms. The predicted molar refractivity (Wildman–Crippen MR) is 61.6 cm³/mol. The summed E-state index contributed by atoms with van der Waals surface area (Å²) in [7, 11) is 1.59. The van der Waals surface area contributed by atoms with Crippen molar-refractivity contribution in [1.29, 1.82) is 0 Å². The molecule has 1 N–H and O–H groups in total. The van der Waals surface area contributed by atoms with Crippen LogP contribution in [0.4, 0.5) is 0 Å². The Hall–Kier alpha value is -1.53. The van der Waals surface area contributed by atoms with Crippen LogP contribution in [0, 0.1) is 6.92 Å². The second-order valence-electron chi connectivity index (χ2n) is 3.69. The highest BCUT2D eigenvalue weighted by Crippen LogP contribution is 2.01. The van der Waals surface area contributed by atoms with Crippen LogP contribution in [0.2, 0.25) is 0 Å². The van der Waals surface area contributed by atoms with Crippen molar-refractivity contribution >= 4 is 5.97 Å². The van der Waals surface area contributed by atoms with Crippen LogP contribution in [0.5, 0.6) is 0 Å². The Morgan fingerprint density at radius 3 is 2.94 bits per heavy atom. The molecule has 0 unspecified atom stereocenters. The molecule has 1 aromatic rings. The van der Waals surface area contributed by atoms with Crippen molar-refractivity contribution in [2.75, 3.05) is 26.8 Å². The molecule has 0 aromatic carbocycles. The fraction of sp³-hybridized carbons (Fsp3) is 0.545. The molecule has 1 aromatic heterocycles. The van der Waals surface area contributed by atoms with Gasteiger partial charge in [0, 0.05) is 26.4 Å². The summed E-state index contributed by atoms with van der Waals surface area (Å²) in [6.07, 6.45) is 1.67. The molecule has 0 radical (unpaired) electrons. The number of rotatable bonds is 7. The van der Waals surface area contributed by atoms with Gasteiger partial charge in [-0.05, 0) is 13.0 Å². The van der Waals surface area contributed by atoms with E-state index in [1.165, 1.54) is 0 Å². The highest BCUT2D eigenvalue weighted by atomic mass is 16.5. The highest BCUT2D eigenvalue weighted by Gasteiger charge is 2.10. The quantitative estimate of drug-likeness (QED) is 0.738. The number of aliphatic carboxylic acids is 1. The van der Waals surface area contributed by atoms with Gasteiger partial charge in [-0.25, -0.2) is 9.97 Å². The fourth-order valence-corrected chi connectivity index (χ4v) is 1.45. The number of nitrogens with zero attached hydrogens (tertiary/aromatic N) is 3. The topological polar surface area (TPSA) is 75.5 Å². The SMILES string of the molecule is COCCN(CC(=O)O)Cc1ccnc(C)n1. The van der Waals surface area contributed by atoms with Crippen molar-refractivity contribution in [2.45, 2.75) is 13.5 Å². The first kappa shape index (κ1) is 13.5. The minimum Gasteiger partial charge on any atom is -0.480 e. The zero-order valence-corrected chi connectivity index (χ0v) is 10.1. The van der Waals surface area contributed by atoms with Crippen molar-refractivity contribution in [2.24, 2.45) is 0 Å². The Labute approximate surface area is 100 Å². The van der Waals surface area contributed by atoms with Gasteiger partial charge in [0.2, 0.25) is 0 Å². The van der Waals surface area contributed by atoms with Crippen LogP contribution < -0.4 is 0 Å². The molecular formula is C11H17N3O3. The summed E-state index contributed by atoms with van der Waals surface area (Å²) in [5.41, 5.74) is 0.815. The molecule has 0 saturated carbocycles. The first-order valence-electron chi connectivity index (χ1n) is 5.33. The largest absolute Gasteiger partial charge is 0.480 e. The maximum Gasteiger partial charge on any atom is 0.317 e. The van der Waals surface area contributed by atoms with Crippen molar-refractivity contribution in [1.82, 2.24) is 14.9 Å². The standard InChI is InChI=1S/C11H17N3O3/c1-9-12-4-3-10(13-9)7-14(5-6-17-2)8-11(15)16/h3-4H,5-8H2,1-2H3,(H,15,16). The summed E-state index contributed by atoms with van der Waals surface area (Å²) in [5.74, 6) is -0.170. The van der Waals surface area contributed by atoms with E-state index in [0.29, 0.717) is 25.5 Å². The average Bonchev–Trinajstić information content (AvgIpc) is 2.25. The van der Waals surface area contributed by atoms with Crippen molar-refractivity contribution in [3.8, 4) is 0 Å². The molecule has 6 heteroatoms. The van der Waals surface area contributed by atoms with Gasteiger partial charge in [0.15, 0.2) is 0 Å². The molecular weight excluding hydrogens is 222 g/mol. The fourth-order valence-electron chi connectivity index (χ4n) is 1.45. The molecule has 0 amide bonds. The Balaban J connectivity index is 2.61. The third-order valence-electron chi connectivity index (χ3n) is 2.19. The summed E-state index contributed by atoms with van der Waals surface area (Å²) >= 11 is 0. The molecule has 0 aliphatic heterocycles. The lowest BCUT2D eigenvalue weighted by Crippen LogP contribution is -2.32. The molecule has 94 valence electrons. The third kappa shape index (κ3) is 5.37. The van der Waals surface area contributed by atoms with E-state index in [-0.39, 0.29) is 6.54 Å². The average molecular weight is 239 g/mol. The molecule has 0 atom stereocenters. The number of aryl methyl sites for hydroxylation is 1. The van der Waals surface area contributed by atoms with Crippen molar-refractivity contribution < 1.29 is 14.6 Å². The maximum absolute atomic E-state index is 10.7. The van der Waals surface area contributed by atoms with Crippen LogP contribution in [-0.4, -0.2) is 52.7 Å². The molecule has 0 aliphatic rings. The molecule has 0 saturated heterocycles. The summed E-state index contributed by atoms with van der Waals surface area (Å²) in [6, 6.07) is 1.79. The minimum absolute atomic E-state index is 0.0214. The Kier molecular flexibility index (Phi) is 5.51. The second kappa shape index (κ2) is 6.93. The van der Waals surface area contributed by atoms with E-state index in [1.807, 2.05) is 0 Å². The summed E-state index contributed by atoms with van der Waals surface area (Å²) in [5, 5.41) is 8.80. The first-order valence-corrected chi connectivity index (χ1v) is 5.33. The number of ether oxygens (including phenoxy) is 1. The van der Waals surface area contributed by atoms with Crippen molar-refractivity contribution in [3.05, 3.63) is 23.8 Å². The molecule has 1 heterocycles. The van der Waals surface area contributed by atoms with Crippen LogP contribution in [0.3, 0.4) is 0 Å².